The van der Waals surface area contributed by atoms with Gasteiger partial charge in [-0.3, -0.25) is 14.5 Å². The predicted molar refractivity (Wildman–Crippen MR) is 96.1 cm³/mol. The van der Waals surface area contributed by atoms with E-state index in [-0.39, 0.29) is 18.4 Å². The van der Waals surface area contributed by atoms with Crippen molar-refractivity contribution in [3.63, 3.8) is 0 Å². The molecule has 2 amide bonds. The van der Waals surface area contributed by atoms with Crippen molar-refractivity contribution in [2.24, 2.45) is 0 Å². The molecule has 1 heterocycles. The number of nitrogens with zero attached hydrogens (tertiary/aromatic N) is 1. The molecule has 0 spiro atoms. The van der Waals surface area contributed by atoms with Crippen LogP contribution in [0.5, 0.6) is 5.75 Å². The Labute approximate surface area is 146 Å². The SMILES string of the molecule is C=C1c2ccccc2C(=O)N1CC(=O)NCCCOc1ccccc1. The van der Waals surface area contributed by atoms with Crippen LogP contribution in [0.25, 0.3) is 5.70 Å². The third-order valence-corrected chi connectivity index (χ3v) is 4.00. The van der Waals surface area contributed by atoms with Gasteiger partial charge in [0.1, 0.15) is 12.3 Å². The van der Waals surface area contributed by atoms with Gasteiger partial charge < -0.3 is 10.1 Å². The first-order chi connectivity index (χ1) is 12.2. The van der Waals surface area contributed by atoms with Crippen molar-refractivity contribution in [3.8, 4) is 5.75 Å². The van der Waals surface area contributed by atoms with Crippen molar-refractivity contribution in [3.05, 3.63) is 72.3 Å². The van der Waals surface area contributed by atoms with Crippen molar-refractivity contribution in [2.45, 2.75) is 6.42 Å². The van der Waals surface area contributed by atoms with Gasteiger partial charge in [-0.25, -0.2) is 0 Å². The monoisotopic (exact) mass is 336 g/mol. The first kappa shape index (κ1) is 16.8. The van der Waals surface area contributed by atoms with Crippen molar-refractivity contribution in [1.82, 2.24) is 10.2 Å². The van der Waals surface area contributed by atoms with Crippen LogP contribution in [0.4, 0.5) is 0 Å². The zero-order chi connectivity index (χ0) is 17.6. The Hall–Kier alpha value is -3.08. The fourth-order valence-corrected chi connectivity index (χ4v) is 2.71. The Morgan fingerprint density at radius 3 is 2.44 bits per heavy atom. The van der Waals surface area contributed by atoms with E-state index in [1.807, 2.05) is 42.5 Å². The molecule has 2 aromatic carbocycles. The van der Waals surface area contributed by atoms with Crippen molar-refractivity contribution in [2.75, 3.05) is 19.7 Å². The molecule has 1 N–H and O–H groups in total. The number of carbonyl (C=O) groups is 2. The van der Waals surface area contributed by atoms with E-state index in [2.05, 4.69) is 11.9 Å². The van der Waals surface area contributed by atoms with Gasteiger partial charge in [0.25, 0.3) is 5.91 Å². The number of fused-ring (bicyclic) bond motifs is 1. The third-order valence-electron chi connectivity index (χ3n) is 4.00. The second-order valence-electron chi connectivity index (χ2n) is 5.75. The molecule has 5 nitrogen and oxygen atoms in total. The van der Waals surface area contributed by atoms with Gasteiger partial charge in [-0.1, -0.05) is 43.0 Å². The smallest absolute Gasteiger partial charge is 0.259 e. The fourth-order valence-electron chi connectivity index (χ4n) is 2.71. The number of benzene rings is 2. The Bertz CT molecular complexity index is 752. The summed E-state index contributed by atoms with van der Waals surface area (Å²) in [4.78, 5) is 25.8. The summed E-state index contributed by atoms with van der Waals surface area (Å²) in [6.45, 7) is 4.92. The Kier molecular flexibility index (Phi) is 5.14. The van der Waals surface area contributed by atoms with E-state index in [4.69, 9.17) is 4.74 Å². The largest absolute Gasteiger partial charge is 0.494 e. The van der Waals surface area contributed by atoms with Gasteiger partial charge in [-0.2, -0.15) is 0 Å². The Morgan fingerprint density at radius 1 is 1.04 bits per heavy atom. The highest BCUT2D eigenvalue weighted by Crippen LogP contribution is 2.30. The standard InChI is InChI=1S/C20H20N2O3/c1-15-17-10-5-6-11-18(17)20(24)22(15)14-19(23)21-12-7-13-25-16-8-3-2-4-9-16/h2-6,8-11H,1,7,12-14H2,(H,21,23). The second kappa shape index (κ2) is 7.66. The van der Waals surface area contributed by atoms with E-state index in [0.29, 0.717) is 30.8 Å². The van der Waals surface area contributed by atoms with Gasteiger partial charge in [0.15, 0.2) is 0 Å². The third kappa shape index (κ3) is 3.88. The maximum absolute atomic E-state index is 12.3. The maximum atomic E-state index is 12.3. The molecule has 0 saturated carbocycles. The van der Waals surface area contributed by atoms with Gasteiger partial charge in [-0.15, -0.1) is 0 Å². The average molecular weight is 336 g/mol. The highest BCUT2D eigenvalue weighted by Gasteiger charge is 2.31. The van der Waals surface area contributed by atoms with Crippen LogP contribution in [-0.2, 0) is 4.79 Å². The van der Waals surface area contributed by atoms with Crippen LogP contribution >= 0.6 is 0 Å². The normalized spacial score (nSPS) is 12.9. The predicted octanol–water partition coefficient (Wildman–Crippen LogP) is 2.70. The summed E-state index contributed by atoms with van der Waals surface area (Å²) < 4.78 is 5.57. The van der Waals surface area contributed by atoms with Gasteiger partial charge >= 0.3 is 0 Å². The summed E-state index contributed by atoms with van der Waals surface area (Å²) in [6, 6.07) is 16.8. The fraction of sp³-hybridized carbons (Fsp3) is 0.200. The topological polar surface area (TPSA) is 58.6 Å². The Morgan fingerprint density at radius 2 is 1.72 bits per heavy atom. The molecule has 0 saturated heterocycles. The maximum Gasteiger partial charge on any atom is 0.259 e. The van der Waals surface area contributed by atoms with Crippen LogP contribution in [0.3, 0.4) is 0 Å². The van der Waals surface area contributed by atoms with Crippen LogP contribution in [-0.4, -0.2) is 36.4 Å². The minimum atomic E-state index is -0.206. The summed E-state index contributed by atoms with van der Waals surface area (Å²) in [5.74, 6) is 0.427. The quantitative estimate of drug-likeness (QED) is 0.791. The molecular formula is C20H20N2O3. The molecule has 0 aromatic heterocycles. The molecule has 0 radical (unpaired) electrons. The highest BCUT2D eigenvalue weighted by atomic mass is 16.5. The zero-order valence-corrected chi connectivity index (χ0v) is 13.9. The minimum absolute atomic E-state index is 0.0219. The molecule has 0 unspecified atom stereocenters. The van der Waals surface area contributed by atoms with Crippen LogP contribution < -0.4 is 10.1 Å². The molecule has 1 aliphatic rings. The van der Waals surface area contributed by atoms with Crippen molar-refractivity contribution >= 4 is 17.5 Å². The Balaban J connectivity index is 1.41. The number of amides is 2. The molecule has 128 valence electrons. The van der Waals surface area contributed by atoms with Crippen LogP contribution in [0.15, 0.2) is 61.2 Å². The van der Waals surface area contributed by atoms with Crippen molar-refractivity contribution < 1.29 is 14.3 Å². The lowest BCUT2D eigenvalue weighted by Gasteiger charge is -2.17. The van der Waals surface area contributed by atoms with Gasteiger partial charge in [-0.05, 0) is 24.6 Å². The molecule has 3 rings (SSSR count). The molecular weight excluding hydrogens is 316 g/mol. The molecule has 1 aliphatic heterocycles. The summed E-state index contributed by atoms with van der Waals surface area (Å²) >= 11 is 0. The van der Waals surface area contributed by atoms with E-state index in [1.165, 1.54) is 4.90 Å². The zero-order valence-electron chi connectivity index (χ0n) is 13.9. The van der Waals surface area contributed by atoms with E-state index in [9.17, 15) is 9.59 Å². The minimum Gasteiger partial charge on any atom is -0.494 e. The van der Waals surface area contributed by atoms with E-state index in [1.54, 1.807) is 12.1 Å². The summed E-state index contributed by atoms with van der Waals surface area (Å²) in [7, 11) is 0. The van der Waals surface area contributed by atoms with Crippen LogP contribution in [0.1, 0.15) is 22.3 Å². The van der Waals surface area contributed by atoms with Gasteiger partial charge in [0.2, 0.25) is 5.91 Å². The average Bonchev–Trinajstić information content (AvgIpc) is 2.88. The number of hydrogen-bond donors (Lipinski definition) is 1. The number of ether oxygens (including phenoxy) is 1. The molecule has 5 heteroatoms. The molecule has 0 atom stereocenters. The lowest BCUT2D eigenvalue weighted by molar-refractivity contribution is -0.121. The van der Waals surface area contributed by atoms with Gasteiger partial charge in [0, 0.05) is 23.4 Å². The highest BCUT2D eigenvalue weighted by molar-refractivity contribution is 6.10. The molecule has 2 aromatic rings. The molecule has 0 bridgehead atoms. The van der Waals surface area contributed by atoms with Crippen molar-refractivity contribution in [1.29, 1.82) is 0 Å². The molecule has 0 fully saturated rings. The molecule has 25 heavy (non-hydrogen) atoms. The number of nitrogens with one attached hydrogen (secondary N) is 1. The van der Waals surface area contributed by atoms with E-state index < -0.39 is 0 Å². The number of carbonyl (C=O) groups excluding carboxylic acids is 2. The first-order valence-electron chi connectivity index (χ1n) is 8.21. The first-order valence-corrected chi connectivity index (χ1v) is 8.21. The summed E-state index contributed by atoms with van der Waals surface area (Å²) in [5, 5.41) is 2.81. The summed E-state index contributed by atoms with van der Waals surface area (Å²) in [5.41, 5.74) is 1.95. The number of rotatable bonds is 7. The lowest BCUT2D eigenvalue weighted by Crippen LogP contribution is -2.37. The van der Waals surface area contributed by atoms with Crippen LogP contribution in [0, 0.1) is 0 Å². The lowest BCUT2D eigenvalue weighted by atomic mass is 10.1. The second-order valence-corrected chi connectivity index (χ2v) is 5.75. The van der Waals surface area contributed by atoms with E-state index in [0.717, 1.165) is 11.3 Å². The van der Waals surface area contributed by atoms with Gasteiger partial charge in [0.05, 0.1) is 6.61 Å². The summed E-state index contributed by atoms with van der Waals surface area (Å²) in [6.07, 6.45) is 0.690. The van der Waals surface area contributed by atoms with Crippen LogP contribution in [0.2, 0.25) is 0 Å². The number of para-hydroxylation sites is 1. The molecule has 0 aliphatic carbocycles. The van der Waals surface area contributed by atoms with E-state index >= 15 is 0 Å². The number of hydrogen-bond acceptors (Lipinski definition) is 3.